The standard InChI is InChI=1S/C20H13Cl2N3O3/c21-14-8-15(22)10-16(9-14)25-18(27)20(6-1-7-24(20)19(25)28)17(26)13-4-2-12(11-23)3-5-13/h2-5,8-10H,1,6-7H2. The van der Waals surface area contributed by atoms with E-state index in [0.29, 0.717) is 18.5 Å². The Morgan fingerprint density at radius 1 is 1.07 bits per heavy atom. The zero-order valence-corrected chi connectivity index (χ0v) is 16.0. The molecule has 140 valence electrons. The van der Waals surface area contributed by atoms with Crippen molar-refractivity contribution < 1.29 is 14.4 Å². The highest BCUT2D eigenvalue weighted by molar-refractivity contribution is 6.37. The van der Waals surface area contributed by atoms with Crippen molar-refractivity contribution in [2.75, 3.05) is 11.4 Å². The number of urea groups is 1. The molecule has 0 spiro atoms. The second kappa shape index (κ2) is 6.62. The predicted octanol–water partition coefficient (Wildman–Crippen LogP) is 4.05. The number of anilines is 1. The lowest BCUT2D eigenvalue weighted by Crippen LogP contribution is -2.52. The molecule has 1 atom stereocenters. The van der Waals surface area contributed by atoms with Gasteiger partial charge in [-0.3, -0.25) is 9.59 Å². The van der Waals surface area contributed by atoms with Gasteiger partial charge in [0, 0.05) is 22.2 Å². The SMILES string of the molecule is N#Cc1ccc(C(=O)C23CCCN2C(=O)N(c2cc(Cl)cc(Cl)c2)C3=O)cc1. The summed E-state index contributed by atoms with van der Waals surface area (Å²) in [6.45, 7) is 0.303. The highest BCUT2D eigenvalue weighted by atomic mass is 35.5. The van der Waals surface area contributed by atoms with Gasteiger partial charge in [0.05, 0.1) is 17.3 Å². The second-order valence-corrected chi connectivity index (χ2v) is 7.56. The van der Waals surface area contributed by atoms with Crippen molar-refractivity contribution in [3.05, 3.63) is 63.6 Å². The topological polar surface area (TPSA) is 81.5 Å². The van der Waals surface area contributed by atoms with Gasteiger partial charge in [-0.2, -0.15) is 5.26 Å². The molecule has 6 nitrogen and oxygen atoms in total. The Morgan fingerprint density at radius 3 is 2.32 bits per heavy atom. The molecule has 2 fully saturated rings. The van der Waals surface area contributed by atoms with Gasteiger partial charge in [0.15, 0.2) is 11.3 Å². The first kappa shape index (κ1) is 18.5. The molecule has 28 heavy (non-hydrogen) atoms. The number of rotatable bonds is 3. The van der Waals surface area contributed by atoms with Crippen LogP contribution < -0.4 is 4.90 Å². The summed E-state index contributed by atoms with van der Waals surface area (Å²) in [6, 6.07) is 11.9. The first-order valence-electron chi connectivity index (χ1n) is 8.56. The summed E-state index contributed by atoms with van der Waals surface area (Å²) in [5, 5.41) is 9.50. The molecule has 2 aromatic rings. The van der Waals surface area contributed by atoms with E-state index in [1.807, 2.05) is 6.07 Å². The van der Waals surface area contributed by atoms with Gasteiger partial charge in [-0.05, 0) is 55.3 Å². The molecule has 3 amide bonds. The molecule has 0 saturated carbocycles. The van der Waals surface area contributed by atoms with Crippen LogP contribution in [0, 0.1) is 11.3 Å². The van der Waals surface area contributed by atoms with Gasteiger partial charge in [-0.1, -0.05) is 23.2 Å². The largest absolute Gasteiger partial charge is 0.332 e. The van der Waals surface area contributed by atoms with Gasteiger partial charge in [-0.15, -0.1) is 0 Å². The minimum Gasteiger partial charge on any atom is -0.302 e. The number of carbonyl (C=O) groups excluding carboxylic acids is 3. The Morgan fingerprint density at radius 2 is 1.71 bits per heavy atom. The number of nitriles is 1. The minimum absolute atomic E-state index is 0.230. The van der Waals surface area contributed by atoms with Crippen molar-refractivity contribution in [2.45, 2.75) is 18.4 Å². The van der Waals surface area contributed by atoms with Gasteiger partial charge in [-0.25, -0.2) is 9.69 Å². The third-order valence-corrected chi connectivity index (χ3v) is 5.55. The molecule has 2 aliphatic heterocycles. The van der Waals surface area contributed by atoms with Crippen LogP contribution >= 0.6 is 23.2 Å². The number of nitrogens with zero attached hydrogens (tertiary/aromatic N) is 3. The summed E-state index contributed by atoms with van der Waals surface area (Å²) >= 11 is 12.1. The molecule has 0 N–H and O–H groups in total. The van der Waals surface area contributed by atoms with E-state index in [2.05, 4.69) is 0 Å². The van der Waals surface area contributed by atoms with Gasteiger partial charge in [0.1, 0.15) is 0 Å². The molecule has 0 bridgehead atoms. The van der Waals surface area contributed by atoms with E-state index in [9.17, 15) is 14.4 Å². The number of carbonyl (C=O) groups is 3. The van der Waals surface area contributed by atoms with E-state index in [-0.39, 0.29) is 27.7 Å². The smallest absolute Gasteiger partial charge is 0.302 e. The lowest BCUT2D eigenvalue weighted by atomic mass is 9.86. The summed E-state index contributed by atoms with van der Waals surface area (Å²) in [4.78, 5) is 42.0. The summed E-state index contributed by atoms with van der Waals surface area (Å²) in [6.07, 6.45) is 0.783. The molecular weight excluding hydrogens is 401 g/mol. The summed E-state index contributed by atoms with van der Waals surface area (Å²) in [5.41, 5.74) is -0.673. The van der Waals surface area contributed by atoms with Crippen LogP contribution in [0.1, 0.15) is 28.8 Å². The van der Waals surface area contributed by atoms with E-state index >= 15 is 0 Å². The third kappa shape index (κ3) is 2.59. The first-order valence-corrected chi connectivity index (χ1v) is 9.31. The van der Waals surface area contributed by atoms with Crippen LogP contribution in [0.2, 0.25) is 10.0 Å². The van der Waals surface area contributed by atoms with E-state index < -0.39 is 23.3 Å². The van der Waals surface area contributed by atoms with Crippen LogP contribution in [0.25, 0.3) is 0 Å². The van der Waals surface area contributed by atoms with Crippen LogP contribution in [0.15, 0.2) is 42.5 Å². The normalized spacial score (nSPS) is 21.0. The number of imide groups is 1. The molecule has 2 heterocycles. The molecule has 1 unspecified atom stereocenters. The van der Waals surface area contributed by atoms with Crippen LogP contribution in [-0.4, -0.2) is 34.7 Å². The van der Waals surface area contributed by atoms with Crippen LogP contribution in [0.4, 0.5) is 10.5 Å². The van der Waals surface area contributed by atoms with Crippen molar-refractivity contribution >= 4 is 46.6 Å². The number of fused-ring (bicyclic) bond motifs is 1. The van der Waals surface area contributed by atoms with Crippen LogP contribution in [-0.2, 0) is 4.79 Å². The van der Waals surface area contributed by atoms with Crippen molar-refractivity contribution in [3.63, 3.8) is 0 Å². The van der Waals surface area contributed by atoms with Crippen molar-refractivity contribution in [1.29, 1.82) is 5.26 Å². The van der Waals surface area contributed by atoms with Gasteiger partial charge >= 0.3 is 6.03 Å². The van der Waals surface area contributed by atoms with Crippen molar-refractivity contribution in [3.8, 4) is 6.07 Å². The maximum Gasteiger partial charge on any atom is 0.332 e. The van der Waals surface area contributed by atoms with E-state index in [0.717, 1.165) is 4.90 Å². The Balaban J connectivity index is 1.79. The molecular formula is C20H13Cl2N3O3. The quantitative estimate of drug-likeness (QED) is 0.431. The highest BCUT2D eigenvalue weighted by Gasteiger charge is 2.64. The maximum absolute atomic E-state index is 13.4. The fraction of sp³-hybridized carbons (Fsp3) is 0.200. The zero-order valence-electron chi connectivity index (χ0n) is 14.5. The molecule has 2 saturated heterocycles. The van der Waals surface area contributed by atoms with Crippen LogP contribution in [0.5, 0.6) is 0 Å². The Kier molecular flexibility index (Phi) is 4.37. The van der Waals surface area contributed by atoms with Crippen molar-refractivity contribution in [1.82, 2.24) is 4.90 Å². The Hall–Kier alpha value is -2.88. The average molecular weight is 414 g/mol. The van der Waals surface area contributed by atoms with E-state index in [1.165, 1.54) is 47.4 Å². The number of benzene rings is 2. The van der Waals surface area contributed by atoms with Gasteiger partial charge in [0.25, 0.3) is 5.91 Å². The fourth-order valence-electron chi connectivity index (χ4n) is 3.86. The zero-order chi connectivity index (χ0) is 20.1. The van der Waals surface area contributed by atoms with Crippen molar-refractivity contribution in [2.24, 2.45) is 0 Å². The molecule has 2 aliphatic rings. The van der Waals surface area contributed by atoms with Crippen LogP contribution in [0.3, 0.4) is 0 Å². The molecule has 2 aromatic carbocycles. The minimum atomic E-state index is -1.58. The number of hydrogen-bond donors (Lipinski definition) is 0. The number of Topliss-reactive ketones (excluding diaryl/α,β-unsaturated/α-hetero) is 1. The number of ketones is 1. The monoisotopic (exact) mass is 413 g/mol. The number of amides is 3. The lowest BCUT2D eigenvalue weighted by molar-refractivity contribution is -0.122. The summed E-state index contributed by atoms with van der Waals surface area (Å²) in [7, 11) is 0. The summed E-state index contributed by atoms with van der Waals surface area (Å²) < 4.78 is 0. The first-order chi connectivity index (χ1) is 13.4. The molecule has 0 aliphatic carbocycles. The molecule has 4 rings (SSSR count). The second-order valence-electron chi connectivity index (χ2n) is 6.68. The lowest BCUT2D eigenvalue weighted by Gasteiger charge is -2.26. The average Bonchev–Trinajstić information content (AvgIpc) is 3.20. The molecule has 8 heteroatoms. The Labute approximate surface area is 170 Å². The Bertz CT molecular complexity index is 1040. The van der Waals surface area contributed by atoms with Gasteiger partial charge < -0.3 is 4.90 Å². The predicted molar refractivity (Wildman–Crippen MR) is 104 cm³/mol. The van der Waals surface area contributed by atoms with Gasteiger partial charge in [0.2, 0.25) is 0 Å². The third-order valence-electron chi connectivity index (χ3n) is 5.12. The molecule has 0 aromatic heterocycles. The maximum atomic E-state index is 13.4. The number of hydrogen-bond acceptors (Lipinski definition) is 4. The molecule has 0 radical (unpaired) electrons. The van der Waals surface area contributed by atoms with E-state index in [4.69, 9.17) is 28.5 Å². The number of halogens is 2. The highest BCUT2D eigenvalue weighted by Crippen LogP contribution is 2.42. The fourth-order valence-corrected chi connectivity index (χ4v) is 4.37. The van der Waals surface area contributed by atoms with E-state index in [1.54, 1.807) is 0 Å². The summed E-state index contributed by atoms with van der Waals surface area (Å²) in [5.74, 6) is -1.06.